The summed E-state index contributed by atoms with van der Waals surface area (Å²) in [4.78, 5) is 6.97. The van der Waals surface area contributed by atoms with Crippen molar-refractivity contribution in [1.29, 1.82) is 0 Å². The minimum absolute atomic E-state index is 0.0629. The molecule has 3 heterocycles. The number of aromatic nitrogens is 5. The van der Waals surface area contributed by atoms with Gasteiger partial charge in [0.05, 0.1) is 11.6 Å². The Balaban J connectivity index is 1.49. The van der Waals surface area contributed by atoms with Gasteiger partial charge in [0, 0.05) is 18.1 Å². The van der Waals surface area contributed by atoms with Crippen molar-refractivity contribution < 1.29 is 0 Å². The lowest BCUT2D eigenvalue weighted by atomic mass is 10.0. The molecule has 6 nitrogen and oxygen atoms in total. The number of hydrogen-bond donors (Lipinski definition) is 0. The third kappa shape index (κ3) is 3.76. The summed E-state index contributed by atoms with van der Waals surface area (Å²) < 4.78 is 1.98. The number of nitrogens with zero attached hydrogens (tertiary/aromatic N) is 6. The molecule has 0 aliphatic carbocycles. The highest BCUT2D eigenvalue weighted by atomic mass is 15.5. The molecule has 0 radical (unpaired) electrons. The van der Waals surface area contributed by atoms with E-state index in [9.17, 15) is 0 Å². The lowest BCUT2D eigenvalue weighted by molar-refractivity contribution is 0.263. The Labute approximate surface area is 170 Å². The summed E-state index contributed by atoms with van der Waals surface area (Å²) in [5.41, 5.74) is 3.53. The molecule has 0 amide bonds. The molecule has 1 fully saturated rings. The molecule has 5 rings (SSSR count). The number of hydrogen-bond acceptors (Lipinski definition) is 5. The van der Waals surface area contributed by atoms with Crippen molar-refractivity contribution >= 4 is 10.9 Å². The molecular formula is C23H24N6. The topological polar surface area (TPSA) is 59.7 Å². The Morgan fingerprint density at radius 1 is 0.931 bits per heavy atom. The van der Waals surface area contributed by atoms with Crippen LogP contribution in [0.5, 0.6) is 0 Å². The van der Waals surface area contributed by atoms with Crippen LogP contribution in [0.2, 0.25) is 0 Å². The van der Waals surface area contributed by atoms with Crippen molar-refractivity contribution in [2.45, 2.75) is 31.8 Å². The summed E-state index contributed by atoms with van der Waals surface area (Å²) in [6.07, 6.45) is 5.19. The number of fused-ring (bicyclic) bond motifs is 1. The lowest BCUT2D eigenvalue weighted by Crippen LogP contribution is -2.29. The van der Waals surface area contributed by atoms with Crippen molar-refractivity contribution in [3.8, 4) is 0 Å². The zero-order valence-corrected chi connectivity index (χ0v) is 16.4. The minimum Gasteiger partial charge on any atom is -0.290 e. The van der Waals surface area contributed by atoms with E-state index in [0.717, 1.165) is 42.8 Å². The van der Waals surface area contributed by atoms with Crippen LogP contribution >= 0.6 is 0 Å². The van der Waals surface area contributed by atoms with Gasteiger partial charge in [-0.25, -0.2) is 4.68 Å². The number of likely N-dealkylation sites (tertiary alicyclic amines) is 1. The smallest absolute Gasteiger partial charge is 0.173 e. The minimum atomic E-state index is 0.0629. The largest absolute Gasteiger partial charge is 0.290 e. The van der Waals surface area contributed by atoms with Gasteiger partial charge in [-0.15, -0.1) is 5.10 Å². The van der Waals surface area contributed by atoms with Crippen LogP contribution in [0.3, 0.4) is 0 Å². The Kier molecular flexibility index (Phi) is 5.01. The Morgan fingerprint density at radius 2 is 1.79 bits per heavy atom. The van der Waals surface area contributed by atoms with Gasteiger partial charge < -0.3 is 0 Å². The van der Waals surface area contributed by atoms with Crippen molar-refractivity contribution in [3.05, 3.63) is 83.8 Å². The molecule has 29 heavy (non-hydrogen) atoms. The van der Waals surface area contributed by atoms with Gasteiger partial charge in [-0.05, 0) is 72.1 Å². The van der Waals surface area contributed by atoms with Crippen molar-refractivity contribution in [1.82, 2.24) is 30.1 Å². The maximum Gasteiger partial charge on any atom is 0.173 e. The first-order valence-corrected chi connectivity index (χ1v) is 10.3. The molecule has 0 N–H and O–H groups in total. The maximum atomic E-state index is 4.47. The predicted octanol–water partition coefficient (Wildman–Crippen LogP) is 3.65. The maximum absolute atomic E-state index is 4.47. The Morgan fingerprint density at radius 3 is 2.66 bits per heavy atom. The van der Waals surface area contributed by atoms with E-state index in [2.05, 4.69) is 73.9 Å². The molecule has 6 heteroatoms. The molecule has 2 aromatic heterocycles. The monoisotopic (exact) mass is 384 g/mol. The van der Waals surface area contributed by atoms with Crippen LogP contribution in [0.15, 0.2) is 66.9 Å². The van der Waals surface area contributed by atoms with Crippen LogP contribution in [-0.2, 0) is 13.0 Å². The summed E-state index contributed by atoms with van der Waals surface area (Å²) in [6.45, 7) is 2.91. The first kappa shape index (κ1) is 17.9. The third-order valence-electron chi connectivity index (χ3n) is 5.71. The Bertz CT molecular complexity index is 1080. The normalized spacial score (nSPS) is 15.7. The van der Waals surface area contributed by atoms with E-state index >= 15 is 0 Å². The predicted molar refractivity (Wildman–Crippen MR) is 112 cm³/mol. The molecule has 0 bridgehead atoms. The molecule has 0 spiro atoms. The zero-order valence-electron chi connectivity index (χ0n) is 16.4. The number of aryl methyl sites for hydroxylation is 2. The van der Waals surface area contributed by atoms with E-state index in [1.165, 1.54) is 24.0 Å². The second-order valence-electron chi connectivity index (χ2n) is 7.60. The first-order chi connectivity index (χ1) is 14.4. The van der Waals surface area contributed by atoms with E-state index in [0.29, 0.717) is 0 Å². The summed E-state index contributed by atoms with van der Waals surface area (Å²) in [7, 11) is 0. The van der Waals surface area contributed by atoms with Gasteiger partial charge in [0.2, 0.25) is 0 Å². The van der Waals surface area contributed by atoms with Crippen LogP contribution in [0.1, 0.15) is 35.8 Å². The molecule has 1 aliphatic rings. The van der Waals surface area contributed by atoms with Crippen molar-refractivity contribution in [2.24, 2.45) is 0 Å². The van der Waals surface area contributed by atoms with E-state index in [-0.39, 0.29) is 6.04 Å². The highest BCUT2D eigenvalue weighted by Gasteiger charge is 2.29. The van der Waals surface area contributed by atoms with Gasteiger partial charge in [0.15, 0.2) is 5.82 Å². The fraction of sp³-hybridized carbons (Fsp3) is 0.304. The highest BCUT2D eigenvalue weighted by molar-refractivity contribution is 5.79. The van der Waals surface area contributed by atoms with Crippen LogP contribution in [0.25, 0.3) is 10.9 Å². The third-order valence-corrected chi connectivity index (χ3v) is 5.71. The second kappa shape index (κ2) is 8.09. The molecular weight excluding hydrogens is 360 g/mol. The average molecular weight is 384 g/mol. The van der Waals surface area contributed by atoms with Crippen molar-refractivity contribution in [2.75, 3.05) is 13.1 Å². The van der Waals surface area contributed by atoms with Gasteiger partial charge in [-0.1, -0.05) is 42.5 Å². The molecule has 1 aliphatic heterocycles. The fourth-order valence-electron chi connectivity index (χ4n) is 4.23. The average Bonchev–Trinajstić information content (AvgIpc) is 3.46. The lowest BCUT2D eigenvalue weighted by Gasteiger charge is -2.27. The molecule has 0 saturated carbocycles. The number of tetrazole rings is 1. The van der Waals surface area contributed by atoms with E-state index < -0.39 is 0 Å². The SMILES string of the molecule is c1ccc(CCn2nnnc2[C@@H](c2ccc3ncccc3c2)N2CCCC2)cc1. The molecule has 1 atom stereocenters. The van der Waals surface area contributed by atoms with Crippen LogP contribution in [0.4, 0.5) is 0 Å². The van der Waals surface area contributed by atoms with E-state index in [1.807, 2.05) is 23.0 Å². The van der Waals surface area contributed by atoms with Crippen LogP contribution in [0, 0.1) is 0 Å². The van der Waals surface area contributed by atoms with E-state index in [1.54, 1.807) is 0 Å². The highest BCUT2D eigenvalue weighted by Crippen LogP contribution is 2.31. The van der Waals surface area contributed by atoms with Crippen LogP contribution in [-0.4, -0.2) is 43.2 Å². The summed E-state index contributed by atoms with van der Waals surface area (Å²) >= 11 is 0. The number of benzene rings is 2. The summed E-state index contributed by atoms with van der Waals surface area (Å²) in [5.74, 6) is 0.922. The molecule has 4 aromatic rings. The molecule has 0 unspecified atom stereocenters. The molecule has 2 aromatic carbocycles. The summed E-state index contributed by atoms with van der Waals surface area (Å²) in [6, 6.07) is 21.2. The second-order valence-corrected chi connectivity index (χ2v) is 7.60. The van der Waals surface area contributed by atoms with Gasteiger partial charge in [0.1, 0.15) is 0 Å². The molecule has 1 saturated heterocycles. The van der Waals surface area contributed by atoms with Gasteiger partial charge in [-0.3, -0.25) is 9.88 Å². The standard InChI is InChI=1S/C23H24N6/c1-2-7-18(8-3-1)12-16-29-23(25-26-27-29)22(28-14-4-5-15-28)20-10-11-21-19(17-20)9-6-13-24-21/h1-3,6-11,13,17,22H,4-5,12,14-16H2/t22-/m1/s1. The van der Waals surface area contributed by atoms with Gasteiger partial charge in [-0.2, -0.15) is 0 Å². The zero-order chi connectivity index (χ0) is 19.5. The van der Waals surface area contributed by atoms with Gasteiger partial charge >= 0.3 is 0 Å². The Hall–Kier alpha value is -3.12. The van der Waals surface area contributed by atoms with Gasteiger partial charge in [0.25, 0.3) is 0 Å². The quantitative estimate of drug-likeness (QED) is 0.508. The van der Waals surface area contributed by atoms with Crippen molar-refractivity contribution in [3.63, 3.8) is 0 Å². The van der Waals surface area contributed by atoms with Crippen LogP contribution < -0.4 is 0 Å². The summed E-state index contributed by atoms with van der Waals surface area (Å²) in [5, 5.41) is 14.0. The fourth-order valence-corrected chi connectivity index (χ4v) is 4.23. The first-order valence-electron chi connectivity index (χ1n) is 10.3. The number of rotatable bonds is 6. The molecule has 146 valence electrons. The van der Waals surface area contributed by atoms with E-state index in [4.69, 9.17) is 0 Å². The number of pyridine rings is 1.